The van der Waals surface area contributed by atoms with E-state index >= 15 is 0 Å². The van der Waals surface area contributed by atoms with E-state index in [0.717, 1.165) is 5.56 Å². The van der Waals surface area contributed by atoms with Gasteiger partial charge in [-0.15, -0.1) is 12.4 Å². The second-order valence-corrected chi connectivity index (χ2v) is 4.94. The van der Waals surface area contributed by atoms with Gasteiger partial charge in [-0.1, -0.05) is 30.3 Å². The summed E-state index contributed by atoms with van der Waals surface area (Å²) in [7, 11) is -3.83. The van der Waals surface area contributed by atoms with E-state index in [1.807, 2.05) is 30.3 Å². The molecule has 0 saturated heterocycles. The molecular weight excluding hydrogens is 224 g/mol. The maximum atomic E-state index is 10.7. The van der Waals surface area contributed by atoms with Crippen molar-refractivity contribution in [3.63, 3.8) is 0 Å². The molecule has 1 saturated carbocycles. The van der Waals surface area contributed by atoms with E-state index < -0.39 is 15.4 Å². The van der Waals surface area contributed by atoms with Crippen LogP contribution in [-0.4, -0.2) is 18.2 Å². The van der Waals surface area contributed by atoms with Crippen LogP contribution < -0.4 is 0 Å². The van der Waals surface area contributed by atoms with Crippen LogP contribution in [0.1, 0.15) is 17.9 Å². The standard InChI is InChI=1S/C9H10O3S.ClH/c10-13(11,12)9-6-8(9)7-4-2-1-3-5-7;/h1-5,8-9H,6H2,(H,10,11,12);1H. The minimum Gasteiger partial charge on any atom is -0.285 e. The largest absolute Gasteiger partial charge is 0.285 e. The van der Waals surface area contributed by atoms with Crippen molar-refractivity contribution in [3.8, 4) is 0 Å². The highest BCUT2D eigenvalue weighted by atomic mass is 35.5. The molecule has 2 unspecified atom stereocenters. The summed E-state index contributed by atoms with van der Waals surface area (Å²) in [5, 5.41) is -0.574. The summed E-state index contributed by atoms with van der Waals surface area (Å²) < 4.78 is 30.2. The zero-order valence-corrected chi connectivity index (χ0v) is 8.96. The van der Waals surface area contributed by atoms with Crippen molar-refractivity contribution >= 4 is 22.5 Å². The molecule has 1 aromatic carbocycles. The Labute approximate surface area is 89.3 Å². The van der Waals surface area contributed by atoms with Crippen LogP contribution in [-0.2, 0) is 10.1 Å². The lowest BCUT2D eigenvalue weighted by Crippen LogP contribution is -2.05. The quantitative estimate of drug-likeness (QED) is 0.795. The molecule has 2 rings (SSSR count). The topological polar surface area (TPSA) is 54.4 Å². The minimum absolute atomic E-state index is 0. The molecule has 1 aliphatic rings. The Bertz CT molecular complexity index is 401. The highest BCUT2D eigenvalue weighted by Gasteiger charge is 2.47. The summed E-state index contributed by atoms with van der Waals surface area (Å²) in [6, 6.07) is 9.39. The molecule has 0 aliphatic heterocycles. The van der Waals surface area contributed by atoms with E-state index in [1.54, 1.807) is 0 Å². The third-order valence-corrected chi connectivity index (χ3v) is 3.63. The lowest BCUT2D eigenvalue weighted by molar-refractivity contribution is 0.480. The van der Waals surface area contributed by atoms with Gasteiger partial charge in [0.25, 0.3) is 10.1 Å². The van der Waals surface area contributed by atoms with Gasteiger partial charge in [0.15, 0.2) is 0 Å². The molecule has 0 radical (unpaired) electrons. The molecule has 1 aromatic rings. The molecule has 0 aromatic heterocycles. The van der Waals surface area contributed by atoms with Gasteiger partial charge in [0.1, 0.15) is 0 Å². The van der Waals surface area contributed by atoms with Crippen molar-refractivity contribution < 1.29 is 13.0 Å². The summed E-state index contributed by atoms with van der Waals surface area (Å²) in [5.74, 6) is -0.00352. The average molecular weight is 235 g/mol. The van der Waals surface area contributed by atoms with Gasteiger partial charge in [0, 0.05) is 5.92 Å². The molecule has 0 spiro atoms. The number of rotatable bonds is 2. The first kappa shape index (κ1) is 11.5. The van der Waals surface area contributed by atoms with Gasteiger partial charge in [-0.25, -0.2) is 0 Å². The second kappa shape index (κ2) is 3.88. The van der Waals surface area contributed by atoms with Crippen molar-refractivity contribution in [2.45, 2.75) is 17.6 Å². The van der Waals surface area contributed by atoms with Crippen LogP contribution in [0.4, 0.5) is 0 Å². The molecule has 78 valence electrons. The van der Waals surface area contributed by atoms with Gasteiger partial charge in [0.2, 0.25) is 0 Å². The van der Waals surface area contributed by atoms with Gasteiger partial charge in [-0.3, -0.25) is 4.55 Å². The Balaban J connectivity index is 0.000000980. The third-order valence-electron chi connectivity index (χ3n) is 2.34. The van der Waals surface area contributed by atoms with Crippen LogP contribution in [0.3, 0.4) is 0 Å². The van der Waals surface area contributed by atoms with E-state index in [2.05, 4.69) is 0 Å². The first-order valence-corrected chi connectivity index (χ1v) is 5.60. The summed E-state index contributed by atoms with van der Waals surface area (Å²) in [6.07, 6.45) is 0.544. The monoisotopic (exact) mass is 234 g/mol. The Kier molecular flexibility index (Phi) is 3.19. The third kappa shape index (κ3) is 2.26. The molecule has 1 N–H and O–H groups in total. The molecule has 1 fully saturated rings. The molecule has 0 amide bonds. The van der Waals surface area contributed by atoms with Crippen molar-refractivity contribution in [2.75, 3.05) is 0 Å². The van der Waals surface area contributed by atoms with Crippen LogP contribution in [0.5, 0.6) is 0 Å². The Morgan fingerprint density at radius 3 is 2.21 bits per heavy atom. The zero-order valence-electron chi connectivity index (χ0n) is 7.33. The summed E-state index contributed by atoms with van der Waals surface area (Å²) in [5.41, 5.74) is 0.991. The molecule has 0 heterocycles. The Morgan fingerprint density at radius 2 is 1.79 bits per heavy atom. The lowest BCUT2D eigenvalue weighted by Gasteiger charge is -1.96. The van der Waals surface area contributed by atoms with Gasteiger partial charge in [0.05, 0.1) is 5.25 Å². The smallest absolute Gasteiger partial charge is 0.268 e. The van der Waals surface area contributed by atoms with E-state index in [0.29, 0.717) is 6.42 Å². The highest BCUT2D eigenvalue weighted by molar-refractivity contribution is 7.86. The molecule has 1 aliphatic carbocycles. The summed E-state index contributed by atoms with van der Waals surface area (Å²) in [6.45, 7) is 0. The predicted octanol–water partition coefficient (Wildman–Crippen LogP) is 1.85. The van der Waals surface area contributed by atoms with Gasteiger partial charge in [-0.2, -0.15) is 8.42 Å². The average Bonchev–Trinajstić information content (AvgIpc) is 2.83. The normalized spacial score (nSPS) is 25.2. The fraction of sp³-hybridized carbons (Fsp3) is 0.333. The molecule has 2 atom stereocenters. The van der Waals surface area contributed by atoms with Crippen LogP contribution in [0.15, 0.2) is 30.3 Å². The van der Waals surface area contributed by atoms with Gasteiger partial charge < -0.3 is 0 Å². The maximum absolute atomic E-state index is 10.7. The molecular formula is C9H11ClO3S. The number of halogens is 1. The van der Waals surface area contributed by atoms with E-state index in [4.69, 9.17) is 4.55 Å². The first-order valence-electron chi connectivity index (χ1n) is 4.10. The molecule has 0 bridgehead atoms. The fourth-order valence-electron chi connectivity index (χ4n) is 1.55. The van der Waals surface area contributed by atoms with Crippen molar-refractivity contribution in [1.82, 2.24) is 0 Å². The van der Waals surface area contributed by atoms with Crippen LogP contribution in [0.2, 0.25) is 0 Å². The SMILES string of the molecule is Cl.O=S(=O)(O)C1CC1c1ccccc1. The Hall–Kier alpha value is -0.580. The predicted molar refractivity (Wildman–Crippen MR) is 56.4 cm³/mol. The second-order valence-electron chi connectivity index (χ2n) is 3.31. The summed E-state index contributed by atoms with van der Waals surface area (Å²) >= 11 is 0. The molecule has 14 heavy (non-hydrogen) atoms. The number of hydrogen-bond donors (Lipinski definition) is 1. The summed E-state index contributed by atoms with van der Waals surface area (Å²) in [4.78, 5) is 0. The fourth-order valence-corrected chi connectivity index (χ4v) is 2.57. The van der Waals surface area contributed by atoms with Crippen LogP contribution in [0.25, 0.3) is 0 Å². The molecule has 3 nitrogen and oxygen atoms in total. The number of benzene rings is 1. The van der Waals surface area contributed by atoms with Gasteiger partial charge in [-0.05, 0) is 12.0 Å². The Morgan fingerprint density at radius 1 is 1.21 bits per heavy atom. The van der Waals surface area contributed by atoms with Gasteiger partial charge >= 0.3 is 0 Å². The van der Waals surface area contributed by atoms with Crippen LogP contribution in [0, 0.1) is 0 Å². The van der Waals surface area contributed by atoms with Crippen molar-refractivity contribution in [2.24, 2.45) is 0 Å². The van der Waals surface area contributed by atoms with E-state index in [9.17, 15) is 8.42 Å². The van der Waals surface area contributed by atoms with Crippen molar-refractivity contribution in [1.29, 1.82) is 0 Å². The van der Waals surface area contributed by atoms with Crippen LogP contribution >= 0.6 is 12.4 Å². The number of hydrogen-bond acceptors (Lipinski definition) is 2. The molecule has 5 heteroatoms. The highest BCUT2D eigenvalue weighted by Crippen LogP contribution is 2.45. The maximum Gasteiger partial charge on any atom is 0.268 e. The zero-order chi connectivity index (χ0) is 9.47. The van der Waals surface area contributed by atoms with Crippen molar-refractivity contribution in [3.05, 3.63) is 35.9 Å². The van der Waals surface area contributed by atoms with E-state index in [1.165, 1.54) is 0 Å². The minimum atomic E-state index is -3.83. The lowest BCUT2D eigenvalue weighted by atomic mass is 10.1. The van der Waals surface area contributed by atoms with E-state index in [-0.39, 0.29) is 18.3 Å². The first-order chi connectivity index (χ1) is 6.09.